The molecule has 0 amide bonds. The van der Waals surface area contributed by atoms with E-state index in [2.05, 4.69) is 51.9 Å². The highest BCUT2D eigenvalue weighted by Crippen LogP contribution is 2.44. The van der Waals surface area contributed by atoms with Crippen LogP contribution in [0, 0.1) is 11.6 Å². The highest BCUT2D eigenvalue weighted by atomic mass is 19.2. The highest BCUT2D eigenvalue weighted by Gasteiger charge is 2.34. The Kier molecular flexibility index (Phi) is 5.68. The van der Waals surface area contributed by atoms with Crippen LogP contribution in [-0.4, -0.2) is 18.2 Å². The van der Waals surface area contributed by atoms with Gasteiger partial charge < -0.3 is 14.2 Å². The molecule has 1 unspecified atom stereocenters. The summed E-state index contributed by atoms with van der Waals surface area (Å²) in [7, 11) is 1.65. The first kappa shape index (κ1) is 22.4. The van der Waals surface area contributed by atoms with Gasteiger partial charge in [-0.3, -0.25) is 0 Å². The van der Waals surface area contributed by atoms with Gasteiger partial charge in [-0.05, 0) is 53.6 Å². The van der Waals surface area contributed by atoms with Crippen molar-refractivity contribution in [3.63, 3.8) is 0 Å². The smallest absolute Gasteiger partial charge is 0.159 e. The van der Waals surface area contributed by atoms with Crippen molar-refractivity contribution in [2.24, 2.45) is 0 Å². The molecule has 0 fully saturated rings. The van der Waals surface area contributed by atoms with Crippen molar-refractivity contribution in [3.8, 4) is 5.75 Å². The summed E-state index contributed by atoms with van der Waals surface area (Å²) in [6.07, 6.45) is 0.836. The molecule has 1 aromatic heterocycles. The fourth-order valence-electron chi connectivity index (χ4n) is 5.50. The second-order valence-electron chi connectivity index (χ2n) is 9.17. The third kappa shape index (κ3) is 3.81. The van der Waals surface area contributed by atoms with Gasteiger partial charge in [0, 0.05) is 47.4 Å². The molecule has 1 aliphatic rings. The largest absolute Gasteiger partial charge is 0.497 e. The number of aromatic nitrogens is 1. The zero-order valence-electron chi connectivity index (χ0n) is 20.0. The maximum Gasteiger partial charge on any atom is 0.159 e. The lowest BCUT2D eigenvalue weighted by atomic mass is 9.89. The Morgan fingerprint density at radius 2 is 1.58 bits per heavy atom. The van der Waals surface area contributed by atoms with Crippen LogP contribution >= 0.6 is 0 Å². The highest BCUT2D eigenvalue weighted by molar-refractivity contribution is 5.88. The van der Waals surface area contributed by atoms with Crippen LogP contribution < -0.4 is 9.64 Å². The van der Waals surface area contributed by atoms with Gasteiger partial charge in [0.15, 0.2) is 11.6 Å². The fourth-order valence-corrected chi connectivity index (χ4v) is 5.50. The number of fused-ring (bicyclic) bond motifs is 3. The Hall–Kier alpha value is -4.12. The molecule has 0 N–H and O–H groups in total. The van der Waals surface area contributed by atoms with Crippen LogP contribution in [0.3, 0.4) is 0 Å². The number of methoxy groups -OCH3 is 1. The van der Waals surface area contributed by atoms with Gasteiger partial charge in [0.05, 0.1) is 13.2 Å². The van der Waals surface area contributed by atoms with Gasteiger partial charge in [-0.1, -0.05) is 54.6 Å². The molecule has 1 aliphatic heterocycles. The number of para-hydroxylation sites is 1. The standard InChI is InChI=1S/C31H26F2N2O/c1-36-24-14-12-23(13-15-24)34-18-17-29-30(31(34)22-11-16-26(32)27(33)19-22)25-9-5-6-10-28(25)35(29)20-21-7-3-2-4-8-21/h2-16,19,31H,17-18,20H2,1H3. The van der Waals surface area contributed by atoms with Crippen molar-refractivity contribution in [2.75, 3.05) is 18.6 Å². The molecule has 0 saturated heterocycles. The zero-order chi connectivity index (χ0) is 24.6. The summed E-state index contributed by atoms with van der Waals surface area (Å²) in [5, 5.41) is 1.14. The van der Waals surface area contributed by atoms with E-state index in [0.717, 1.165) is 53.0 Å². The fraction of sp³-hybridized carbons (Fsp3) is 0.161. The molecule has 36 heavy (non-hydrogen) atoms. The zero-order valence-corrected chi connectivity index (χ0v) is 20.0. The Bertz CT molecular complexity index is 1530. The van der Waals surface area contributed by atoms with Crippen molar-refractivity contribution in [1.82, 2.24) is 4.57 Å². The van der Waals surface area contributed by atoms with Crippen molar-refractivity contribution < 1.29 is 13.5 Å². The van der Waals surface area contributed by atoms with E-state index in [1.54, 1.807) is 13.2 Å². The predicted octanol–water partition coefficient (Wildman–Crippen LogP) is 7.13. The van der Waals surface area contributed by atoms with Crippen LogP contribution in [0.2, 0.25) is 0 Å². The van der Waals surface area contributed by atoms with Gasteiger partial charge >= 0.3 is 0 Å². The molecule has 3 nitrogen and oxygen atoms in total. The van der Waals surface area contributed by atoms with E-state index < -0.39 is 11.6 Å². The molecule has 5 heteroatoms. The molecular weight excluding hydrogens is 454 g/mol. The maximum atomic E-state index is 14.5. The number of halogens is 2. The second-order valence-corrected chi connectivity index (χ2v) is 9.17. The number of benzene rings is 4. The van der Waals surface area contributed by atoms with E-state index in [1.165, 1.54) is 23.4 Å². The minimum atomic E-state index is -0.836. The molecule has 6 rings (SSSR count). The van der Waals surface area contributed by atoms with E-state index in [4.69, 9.17) is 4.74 Å². The number of nitrogens with zero attached hydrogens (tertiary/aromatic N) is 2. The molecule has 0 spiro atoms. The van der Waals surface area contributed by atoms with E-state index in [0.29, 0.717) is 0 Å². The Balaban J connectivity index is 1.57. The second kappa shape index (κ2) is 9.15. The topological polar surface area (TPSA) is 17.4 Å². The first-order chi connectivity index (χ1) is 17.6. The molecule has 180 valence electrons. The maximum absolute atomic E-state index is 14.5. The summed E-state index contributed by atoms with van der Waals surface area (Å²) < 4.78 is 36.2. The molecule has 0 saturated carbocycles. The lowest BCUT2D eigenvalue weighted by Crippen LogP contribution is -2.36. The van der Waals surface area contributed by atoms with Gasteiger partial charge in [0.25, 0.3) is 0 Å². The van der Waals surface area contributed by atoms with Crippen LogP contribution in [0.5, 0.6) is 5.75 Å². The van der Waals surface area contributed by atoms with Crippen LogP contribution in [-0.2, 0) is 13.0 Å². The Labute approximate surface area is 209 Å². The third-order valence-corrected chi connectivity index (χ3v) is 7.14. The van der Waals surface area contributed by atoms with Crippen LogP contribution in [0.25, 0.3) is 10.9 Å². The minimum absolute atomic E-state index is 0.265. The Morgan fingerprint density at radius 1 is 0.833 bits per heavy atom. The molecular formula is C31H26F2N2O. The molecule has 0 radical (unpaired) electrons. The van der Waals surface area contributed by atoms with Crippen LogP contribution in [0.4, 0.5) is 14.5 Å². The molecule has 0 bridgehead atoms. The van der Waals surface area contributed by atoms with E-state index in [1.807, 2.05) is 36.4 Å². The summed E-state index contributed by atoms with van der Waals surface area (Å²) in [6, 6.07) is 30.8. The third-order valence-electron chi connectivity index (χ3n) is 7.14. The summed E-state index contributed by atoms with van der Waals surface area (Å²) in [5.74, 6) is -0.889. The van der Waals surface area contributed by atoms with Crippen LogP contribution in [0.1, 0.15) is 28.4 Å². The molecule has 1 atom stereocenters. The van der Waals surface area contributed by atoms with Gasteiger partial charge in [-0.15, -0.1) is 0 Å². The van der Waals surface area contributed by atoms with Crippen molar-refractivity contribution in [1.29, 1.82) is 0 Å². The van der Waals surface area contributed by atoms with Crippen molar-refractivity contribution in [2.45, 2.75) is 19.0 Å². The number of ether oxygens (including phenoxy) is 1. The van der Waals surface area contributed by atoms with E-state index in [-0.39, 0.29) is 6.04 Å². The van der Waals surface area contributed by atoms with Crippen LogP contribution in [0.15, 0.2) is 97.1 Å². The number of rotatable bonds is 5. The summed E-state index contributed by atoms with van der Waals surface area (Å²) in [6.45, 7) is 1.50. The molecule has 4 aromatic carbocycles. The minimum Gasteiger partial charge on any atom is -0.497 e. The quantitative estimate of drug-likeness (QED) is 0.266. The lowest BCUT2D eigenvalue weighted by Gasteiger charge is -2.39. The first-order valence-electron chi connectivity index (χ1n) is 12.1. The number of anilines is 1. The predicted molar refractivity (Wildman–Crippen MR) is 140 cm³/mol. The Morgan fingerprint density at radius 3 is 2.33 bits per heavy atom. The molecule has 0 aliphatic carbocycles. The van der Waals surface area contributed by atoms with Gasteiger partial charge in [0.1, 0.15) is 5.75 Å². The van der Waals surface area contributed by atoms with Gasteiger partial charge in [-0.2, -0.15) is 0 Å². The van der Waals surface area contributed by atoms with Gasteiger partial charge in [0.2, 0.25) is 0 Å². The average Bonchev–Trinajstić information content (AvgIpc) is 3.24. The van der Waals surface area contributed by atoms with Crippen molar-refractivity contribution >= 4 is 16.6 Å². The van der Waals surface area contributed by atoms with Gasteiger partial charge in [-0.25, -0.2) is 8.78 Å². The monoisotopic (exact) mass is 480 g/mol. The van der Waals surface area contributed by atoms with E-state index >= 15 is 0 Å². The van der Waals surface area contributed by atoms with E-state index in [9.17, 15) is 8.78 Å². The normalized spacial score (nSPS) is 15.2. The molecule has 5 aromatic rings. The number of hydrogen-bond donors (Lipinski definition) is 0. The lowest BCUT2D eigenvalue weighted by molar-refractivity contribution is 0.414. The number of hydrogen-bond acceptors (Lipinski definition) is 2. The summed E-state index contributed by atoms with van der Waals surface area (Å²) in [5.41, 5.74) is 6.50. The molecule has 2 heterocycles. The summed E-state index contributed by atoms with van der Waals surface area (Å²) >= 11 is 0. The SMILES string of the molecule is COc1ccc(N2CCc3c(c4ccccc4n3Cc3ccccc3)C2c2ccc(F)c(F)c2)cc1. The average molecular weight is 481 g/mol. The first-order valence-corrected chi connectivity index (χ1v) is 12.1. The van der Waals surface area contributed by atoms with Crippen molar-refractivity contribution in [3.05, 3.63) is 131 Å². The summed E-state index contributed by atoms with van der Waals surface area (Å²) in [4.78, 5) is 2.29.